The van der Waals surface area contributed by atoms with E-state index in [1.54, 1.807) is 30.3 Å². The van der Waals surface area contributed by atoms with Gasteiger partial charge in [0.2, 0.25) is 0 Å². The molecule has 0 aliphatic rings. The third-order valence-corrected chi connectivity index (χ3v) is 3.23. The Morgan fingerprint density at radius 1 is 1.25 bits per heavy atom. The summed E-state index contributed by atoms with van der Waals surface area (Å²) in [7, 11) is 0. The van der Waals surface area contributed by atoms with Crippen LogP contribution in [0, 0.1) is 0 Å². The number of carbonyl (C=O) groups is 3. The van der Waals surface area contributed by atoms with E-state index in [0.717, 1.165) is 11.8 Å². The maximum atomic E-state index is 11.6. The lowest BCUT2D eigenvalue weighted by atomic mass is 10.1. The zero-order valence-corrected chi connectivity index (χ0v) is 11.9. The second-order valence-corrected chi connectivity index (χ2v) is 5.35. The Bertz CT molecular complexity index is 472. The second kappa shape index (κ2) is 8.37. The maximum absolute atomic E-state index is 11.6. The highest BCUT2D eigenvalue weighted by Crippen LogP contribution is 2.22. The van der Waals surface area contributed by atoms with E-state index in [0.29, 0.717) is 11.3 Å². The van der Waals surface area contributed by atoms with Crippen molar-refractivity contribution in [1.82, 2.24) is 0 Å². The first-order valence-electron chi connectivity index (χ1n) is 6.08. The quantitative estimate of drug-likeness (QED) is 0.778. The van der Waals surface area contributed by atoms with E-state index >= 15 is 0 Å². The molecule has 0 saturated heterocycles. The van der Waals surface area contributed by atoms with Crippen molar-refractivity contribution in [3.63, 3.8) is 0 Å². The maximum Gasteiger partial charge on any atom is 0.307 e. The highest BCUT2D eigenvalue weighted by Gasteiger charge is 2.19. The molecule has 6 heteroatoms. The summed E-state index contributed by atoms with van der Waals surface area (Å²) >= 11 is 1.04. The summed E-state index contributed by atoms with van der Waals surface area (Å²) in [5.74, 6) is -1.21. The second-order valence-electron chi connectivity index (χ2n) is 4.08. The lowest BCUT2D eigenvalue weighted by molar-refractivity contribution is -0.152. The third-order valence-electron chi connectivity index (χ3n) is 2.42. The van der Waals surface area contributed by atoms with Crippen LogP contribution in [0.2, 0.25) is 0 Å². The van der Waals surface area contributed by atoms with Crippen LogP contribution in [-0.4, -0.2) is 27.9 Å². The highest BCUT2D eigenvalue weighted by molar-refractivity contribution is 8.13. The van der Waals surface area contributed by atoms with Crippen LogP contribution in [-0.2, 0) is 19.1 Å². The Morgan fingerprint density at radius 2 is 1.90 bits per heavy atom. The molecule has 0 aliphatic carbocycles. The zero-order chi connectivity index (χ0) is 15.0. The first-order valence-corrected chi connectivity index (χ1v) is 7.07. The van der Waals surface area contributed by atoms with Crippen LogP contribution in [0.5, 0.6) is 0 Å². The number of carboxylic acids is 1. The molecule has 0 aliphatic heterocycles. The van der Waals surface area contributed by atoms with E-state index in [4.69, 9.17) is 9.84 Å². The molecule has 1 N–H and O–H groups in total. The van der Waals surface area contributed by atoms with E-state index in [-0.39, 0.29) is 18.0 Å². The number of ether oxygens (including phenoxy) is 1. The van der Waals surface area contributed by atoms with Gasteiger partial charge in [-0.2, -0.15) is 0 Å². The van der Waals surface area contributed by atoms with Crippen molar-refractivity contribution in [2.45, 2.75) is 25.9 Å². The first kappa shape index (κ1) is 16.2. The minimum atomic E-state index is -1.04. The predicted molar refractivity (Wildman–Crippen MR) is 75.3 cm³/mol. The molecule has 5 nitrogen and oxygen atoms in total. The molecule has 0 heterocycles. The van der Waals surface area contributed by atoms with Crippen LogP contribution >= 0.6 is 11.8 Å². The fraction of sp³-hybridized carbons (Fsp3) is 0.357. The van der Waals surface area contributed by atoms with E-state index in [1.165, 1.54) is 6.92 Å². The summed E-state index contributed by atoms with van der Waals surface area (Å²) in [6.45, 7) is 1.42. The average molecular weight is 296 g/mol. The van der Waals surface area contributed by atoms with Crippen molar-refractivity contribution in [1.29, 1.82) is 0 Å². The smallest absolute Gasteiger partial charge is 0.307 e. The molecular weight excluding hydrogens is 280 g/mol. The topological polar surface area (TPSA) is 80.7 Å². The van der Waals surface area contributed by atoms with Gasteiger partial charge in [-0.15, -0.1) is 0 Å². The fourth-order valence-electron chi connectivity index (χ4n) is 1.55. The van der Waals surface area contributed by atoms with Crippen LogP contribution in [0.15, 0.2) is 30.3 Å². The van der Waals surface area contributed by atoms with Gasteiger partial charge >= 0.3 is 11.9 Å². The van der Waals surface area contributed by atoms with Gasteiger partial charge in [-0.05, 0) is 5.56 Å². The molecule has 0 amide bonds. The summed E-state index contributed by atoms with van der Waals surface area (Å²) in [4.78, 5) is 33.2. The van der Waals surface area contributed by atoms with Gasteiger partial charge in [-0.25, -0.2) is 0 Å². The van der Waals surface area contributed by atoms with Crippen molar-refractivity contribution >= 4 is 28.8 Å². The Balaban J connectivity index is 2.59. The van der Waals surface area contributed by atoms with Crippen LogP contribution in [0.3, 0.4) is 0 Å². The highest BCUT2D eigenvalue weighted by atomic mass is 32.2. The fourth-order valence-corrected chi connectivity index (χ4v) is 2.11. The molecule has 1 aromatic carbocycles. The molecule has 1 rings (SSSR count). The molecule has 1 atom stereocenters. The number of rotatable bonds is 7. The van der Waals surface area contributed by atoms with E-state index < -0.39 is 18.0 Å². The zero-order valence-electron chi connectivity index (χ0n) is 11.1. The Labute approximate surface area is 121 Å². The van der Waals surface area contributed by atoms with Crippen molar-refractivity contribution in [3.8, 4) is 0 Å². The molecule has 108 valence electrons. The van der Waals surface area contributed by atoms with Crippen LogP contribution < -0.4 is 0 Å². The van der Waals surface area contributed by atoms with Crippen molar-refractivity contribution in [2.24, 2.45) is 0 Å². The molecule has 1 aromatic rings. The van der Waals surface area contributed by atoms with Crippen LogP contribution in [0.25, 0.3) is 0 Å². The molecule has 0 radical (unpaired) electrons. The summed E-state index contributed by atoms with van der Waals surface area (Å²) in [6, 6.07) is 8.73. The molecule has 0 aromatic heterocycles. The molecule has 0 saturated carbocycles. The van der Waals surface area contributed by atoms with E-state index in [2.05, 4.69) is 0 Å². The standard InChI is InChI=1S/C14H16O5S/c1-10(15)20-8-7-14(18)19-12(9-13(16)17)11-5-3-2-4-6-11/h2-6,12H,7-9H2,1H3,(H,16,17)/t12-/m0/s1. The Kier molecular flexibility index (Phi) is 6.79. The molecule has 0 bridgehead atoms. The Morgan fingerprint density at radius 3 is 2.45 bits per heavy atom. The summed E-state index contributed by atoms with van der Waals surface area (Å²) in [6.07, 6.45) is -1.01. The SMILES string of the molecule is CC(=O)SCCC(=O)O[C@@H](CC(=O)O)c1ccccc1. The average Bonchev–Trinajstić information content (AvgIpc) is 2.38. The summed E-state index contributed by atoms with van der Waals surface area (Å²) < 4.78 is 5.18. The number of hydrogen-bond donors (Lipinski definition) is 1. The number of thioether (sulfide) groups is 1. The summed E-state index contributed by atoms with van der Waals surface area (Å²) in [5.41, 5.74) is 0.641. The molecular formula is C14H16O5S. The van der Waals surface area contributed by atoms with Gasteiger partial charge in [-0.3, -0.25) is 14.4 Å². The van der Waals surface area contributed by atoms with Crippen LogP contribution in [0.1, 0.15) is 31.4 Å². The first-order chi connectivity index (χ1) is 9.49. The van der Waals surface area contributed by atoms with Gasteiger partial charge in [0.25, 0.3) is 0 Å². The van der Waals surface area contributed by atoms with Gasteiger partial charge in [0.05, 0.1) is 12.8 Å². The van der Waals surface area contributed by atoms with Crippen molar-refractivity contribution in [2.75, 3.05) is 5.75 Å². The molecule has 0 unspecified atom stereocenters. The third kappa shape index (κ3) is 6.38. The largest absolute Gasteiger partial charge is 0.481 e. The normalized spacial score (nSPS) is 11.7. The van der Waals surface area contributed by atoms with Gasteiger partial charge in [0.1, 0.15) is 6.10 Å². The summed E-state index contributed by atoms with van der Waals surface area (Å²) in [5, 5.41) is 8.80. The van der Waals surface area contributed by atoms with E-state index in [9.17, 15) is 14.4 Å². The van der Waals surface area contributed by atoms with Gasteiger partial charge < -0.3 is 9.84 Å². The predicted octanol–water partition coefficient (Wildman–Crippen LogP) is 2.42. The lowest BCUT2D eigenvalue weighted by Crippen LogP contribution is -2.15. The number of hydrogen-bond acceptors (Lipinski definition) is 5. The monoisotopic (exact) mass is 296 g/mol. The van der Waals surface area contributed by atoms with Crippen molar-refractivity contribution in [3.05, 3.63) is 35.9 Å². The Hall–Kier alpha value is -1.82. The lowest BCUT2D eigenvalue weighted by Gasteiger charge is -2.16. The molecule has 0 spiro atoms. The van der Waals surface area contributed by atoms with Gasteiger partial charge in [0.15, 0.2) is 5.12 Å². The number of carboxylic acid groups (broad SMARTS) is 1. The minimum Gasteiger partial charge on any atom is -0.481 e. The van der Waals surface area contributed by atoms with Crippen molar-refractivity contribution < 1.29 is 24.2 Å². The number of carbonyl (C=O) groups excluding carboxylic acids is 2. The molecule has 20 heavy (non-hydrogen) atoms. The van der Waals surface area contributed by atoms with E-state index in [1.807, 2.05) is 0 Å². The van der Waals surface area contributed by atoms with Gasteiger partial charge in [-0.1, -0.05) is 42.1 Å². The number of aliphatic carboxylic acids is 1. The molecule has 0 fully saturated rings. The number of esters is 1. The van der Waals surface area contributed by atoms with Gasteiger partial charge in [0, 0.05) is 12.7 Å². The number of benzene rings is 1. The van der Waals surface area contributed by atoms with Crippen LogP contribution in [0.4, 0.5) is 0 Å². The minimum absolute atomic E-state index is 0.0667.